The molecule has 0 fully saturated rings. The Morgan fingerprint density at radius 2 is 2.29 bits per heavy atom. The molecule has 0 aliphatic rings. The number of hydrogen-bond acceptors (Lipinski definition) is 3. The van der Waals surface area contributed by atoms with E-state index in [1.54, 1.807) is 0 Å². The summed E-state index contributed by atoms with van der Waals surface area (Å²) in [5.41, 5.74) is 0. The van der Waals surface area contributed by atoms with Crippen LogP contribution in [0.3, 0.4) is 0 Å². The second-order valence-corrected chi connectivity index (χ2v) is 5.24. The van der Waals surface area contributed by atoms with Gasteiger partial charge in [0.05, 0.1) is 6.20 Å². The first kappa shape index (κ1) is 11.2. The smallest absolute Gasteiger partial charge is 0.257 e. The van der Waals surface area contributed by atoms with E-state index in [-0.39, 0.29) is 5.03 Å². The fraction of sp³-hybridized carbons (Fsp3) is 0.625. The molecule has 0 amide bonds. The molecule has 0 atom stereocenters. The summed E-state index contributed by atoms with van der Waals surface area (Å²) in [4.78, 5) is 0. The third kappa shape index (κ3) is 3.12. The van der Waals surface area contributed by atoms with Crippen LogP contribution in [0.25, 0.3) is 0 Å². The highest BCUT2D eigenvalue weighted by Crippen LogP contribution is 2.03. The Balaban J connectivity index is 2.52. The number of nitrogens with one attached hydrogen (secondary N) is 2. The highest BCUT2D eigenvalue weighted by Gasteiger charge is 2.14. The lowest BCUT2D eigenvalue weighted by Crippen LogP contribution is -2.25. The Morgan fingerprint density at radius 1 is 1.57 bits per heavy atom. The van der Waals surface area contributed by atoms with Gasteiger partial charge in [-0.3, -0.25) is 5.10 Å². The maximum absolute atomic E-state index is 11.5. The molecule has 0 saturated carbocycles. The lowest BCUT2D eigenvalue weighted by Gasteiger charge is -2.06. The van der Waals surface area contributed by atoms with E-state index in [0.717, 1.165) is 6.42 Å². The minimum atomic E-state index is -3.38. The van der Waals surface area contributed by atoms with Crippen LogP contribution in [0.1, 0.15) is 20.3 Å². The van der Waals surface area contributed by atoms with Crippen molar-refractivity contribution in [3.8, 4) is 0 Å². The minimum Gasteiger partial charge on any atom is -0.266 e. The van der Waals surface area contributed by atoms with Gasteiger partial charge in [-0.2, -0.15) is 5.10 Å². The van der Waals surface area contributed by atoms with Crippen LogP contribution in [0.5, 0.6) is 0 Å². The van der Waals surface area contributed by atoms with Crippen molar-refractivity contribution in [1.82, 2.24) is 14.9 Å². The maximum Gasteiger partial charge on any atom is 0.257 e. The molecule has 6 heteroatoms. The molecule has 0 bridgehead atoms. The Bertz CT molecular complexity index is 356. The molecule has 0 aliphatic heterocycles. The van der Waals surface area contributed by atoms with Gasteiger partial charge in [-0.25, -0.2) is 13.1 Å². The van der Waals surface area contributed by atoms with Gasteiger partial charge < -0.3 is 0 Å². The number of rotatable bonds is 5. The molecule has 2 N–H and O–H groups in total. The van der Waals surface area contributed by atoms with E-state index in [2.05, 4.69) is 14.9 Å². The zero-order chi connectivity index (χ0) is 10.6. The fourth-order valence-corrected chi connectivity index (χ4v) is 1.91. The van der Waals surface area contributed by atoms with E-state index >= 15 is 0 Å². The molecule has 0 saturated heterocycles. The molecule has 0 radical (unpaired) electrons. The van der Waals surface area contributed by atoms with Crippen LogP contribution in [0.2, 0.25) is 0 Å². The monoisotopic (exact) mass is 217 g/mol. The summed E-state index contributed by atoms with van der Waals surface area (Å²) in [7, 11) is -3.38. The molecule has 0 aliphatic carbocycles. The van der Waals surface area contributed by atoms with Crippen LogP contribution in [-0.4, -0.2) is 25.2 Å². The molecule has 1 rings (SSSR count). The number of sulfonamides is 1. The summed E-state index contributed by atoms with van der Waals surface area (Å²) < 4.78 is 25.5. The van der Waals surface area contributed by atoms with Crippen molar-refractivity contribution in [2.75, 3.05) is 6.54 Å². The topological polar surface area (TPSA) is 74.8 Å². The fourth-order valence-electron chi connectivity index (χ4n) is 0.953. The Labute approximate surface area is 84.0 Å². The lowest BCUT2D eigenvalue weighted by molar-refractivity contribution is 0.549. The number of nitrogens with zero attached hydrogens (tertiary/aromatic N) is 1. The lowest BCUT2D eigenvalue weighted by atomic mass is 10.1. The Hall–Kier alpha value is -0.880. The number of aromatic nitrogens is 2. The first-order valence-corrected chi connectivity index (χ1v) is 6.00. The number of hydrogen-bond donors (Lipinski definition) is 2. The third-order valence-corrected chi connectivity index (χ3v) is 3.17. The molecule has 1 aromatic heterocycles. The average molecular weight is 217 g/mol. The quantitative estimate of drug-likeness (QED) is 0.763. The SMILES string of the molecule is CC(C)CCNS(=O)(=O)c1ccn[nH]1. The first-order chi connectivity index (χ1) is 6.52. The minimum absolute atomic E-state index is 0.112. The second-order valence-electron chi connectivity index (χ2n) is 3.50. The molecule has 80 valence electrons. The molecule has 5 nitrogen and oxygen atoms in total. The standard InChI is InChI=1S/C8H15N3O2S/c1-7(2)3-6-10-14(12,13)8-4-5-9-11-8/h4-5,7,10H,3,6H2,1-2H3,(H,9,11). The summed E-state index contributed by atoms with van der Waals surface area (Å²) in [6, 6.07) is 1.43. The van der Waals surface area contributed by atoms with Crippen LogP contribution in [0, 0.1) is 5.92 Å². The Morgan fingerprint density at radius 3 is 2.79 bits per heavy atom. The van der Waals surface area contributed by atoms with E-state index in [4.69, 9.17) is 0 Å². The van der Waals surface area contributed by atoms with Crippen LogP contribution < -0.4 is 4.72 Å². The average Bonchev–Trinajstić information content (AvgIpc) is 2.54. The van der Waals surface area contributed by atoms with E-state index in [1.165, 1.54) is 12.3 Å². The predicted molar refractivity (Wildman–Crippen MR) is 53.2 cm³/mol. The van der Waals surface area contributed by atoms with Gasteiger partial charge in [-0.15, -0.1) is 0 Å². The summed E-state index contributed by atoms with van der Waals surface area (Å²) in [6.45, 7) is 4.55. The molecule has 14 heavy (non-hydrogen) atoms. The zero-order valence-electron chi connectivity index (χ0n) is 8.32. The first-order valence-electron chi connectivity index (χ1n) is 4.51. The van der Waals surface area contributed by atoms with E-state index in [9.17, 15) is 8.42 Å². The van der Waals surface area contributed by atoms with Crippen molar-refractivity contribution >= 4 is 10.0 Å². The highest BCUT2D eigenvalue weighted by molar-refractivity contribution is 7.89. The van der Waals surface area contributed by atoms with Crippen molar-refractivity contribution in [2.24, 2.45) is 5.92 Å². The van der Waals surface area contributed by atoms with Gasteiger partial charge in [0.15, 0.2) is 5.03 Å². The maximum atomic E-state index is 11.5. The molecule has 0 aromatic carbocycles. The number of aromatic amines is 1. The summed E-state index contributed by atoms with van der Waals surface area (Å²) in [5, 5.41) is 6.11. The molecule has 0 spiro atoms. The summed E-state index contributed by atoms with van der Waals surface area (Å²) in [6.07, 6.45) is 2.24. The summed E-state index contributed by atoms with van der Waals surface area (Å²) in [5.74, 6) is 0.486. The van der Waals surface area contributed by atoms with Gasteiger partial charge in [0.2, 0.25) is 0 Å². The Kier molecular flexibility index (Phi) is 3.65. The van der Waals surface area contributed by atoms with Gasteiger partial charge in [-0.05, 0) is 18.4 Å². The van der Waals surface area contributed by atoms with Gasteiger partial charge in [-0.1, -0.05) is 13.8 Å². The largest absolute Gasteiger partial charge is 0.266 e. The predicted octanol–water partition coefficient (Wildman–Crippen LogP) is 0.734. The van der Waals surface area contributed by atoms with Crippen molar-refractivity contribution in [3.05, 3.63) is 12.3 Å². The van der Waals surface area contributed by atoms with Crippen molar-refractivity contribution in [3.63, 3.8) is 0 Å². The molecule has 1 heterocycles. The van der Waals surface area contributed by atoms with Crippen molar-refractivity contribution in [2.45, 2.75) is 25.3 Å². The molecule has 1 aromatic rings. The molecular weight excluding hydrogens is 202 g/mol. The van der Waals surface area contributed by atoms with E-state index in [0.29, 0.717) is 12.5 Å². The van der Waals surface area contributed by atoms with Crippen LogP contribution in [-0.2, 0) is 10.0 Å². The highest BCUT2D eigenvalue weighted by atomic mass is 32.2. The van der Waals surface area contributed by atoms with E-state index < -0.39 is 10.0 Å². The number of H-pyrrole nitrogens is 1. The molecule has 0 unspecified atom stereocenters. The van der Waals surface area contributed by atoms with Gasteiger partial charge >= 0.3 is 0 Å². The third-order valence-electron chi connectivity index (χ3n) is 1.78. The van der Waals surface area contributed by atoms with Crippen LogP contribution in [0.4, 0.5) is 0 Å². The molecular formula is C8H15N3O2S. The van der Waals surface area contributed by atoms with Crippen LogP contribution >= 0.6 is 0 Å². The van der Waals surface area contributed by atoms with Gasteiger partial charge in [0.25, 0.3) is 10.0 Å². The van der Waals surface area contributed by atoms with Gasteiger partial charge in [0, 0.05) is 6.54 Å². The second kappa shape index (κ2) is 4.56. The van der Waals surface area contributed by atoms with Gasteiger partial charge in [0.1, 0.15) is 0 Å². The van der Waals surface area contributed by atoms with E-state index in [1.807, 2.05) is 13.8 Å². The van der Waals surface area contributed by atoms with Crippen LogP contribution in [0.15, 0.2) is 17.3 Å². The zero-order valence-corrected chi connectivity index (χ0v) is 9.13. The summed E-state index contributed by atoms with van der Waals surface area (Å²) >= 11 is 0. The van der Waals surface area contributed by atoms with Crippen molar-refractivity contribution in [1.29, 1.82) is 0 Å². The normalized spacial score (nSPS) is 12.2. The van der Waals surface area contributed by atoms with Crippen molar-refractivity contribution < 1.29 is 8.42 Å².